The molecule has 0 bridgehead atoms. The van der Waals surface area contributed by atoms with Crippen molar-refractivity contribution in [2.45, 2.75) is 13.8 Å². The Hall–Kier alpha value is -1.78. The Morgan fingerprint density at radius 2 is 1.62 bits per heavy atom. The Labute approximate surface area is 125 Å². The first-order valence-corrected chi connectivity index (χ1v) is 7.17. The van der Waals surface area contributed by atoms with Gasteiger partial charge >= 0.3 is 7.12 Å². The largest absolute Gasteiger partial charge is 0.508 e. The van der Waals surface area contributed by atoms with E-state index in [2.05, 4.69) is 13.8 Å². The molecule has 0 saturated carbocycles. The highest BCUT2D eigenvalue weighted by molar-refractivity contribution is 6.62. The SMILES string of the molecule is CC1(C)COB(c2cc(-c3ccccc3)ccc2O)OC1. The fourth-order valence-corrected chi connectivity index (χ4v) is 2.43. The van der Waals surface area contributed by atoms with Crippen LogP contribution in [0.25, 0.3) is 11.1 Å². The topological polar surface area (TPSA) is 38.7 Å². The Bertz CT molecular complexity index is 615. The third kappa shape index (κ3) is 3.12. The second-order valence-corrected chi connectivity index (χ2v) is 6.26. The maximum atomic E-state index is 10.1. The predicted octanol–water partition coefficient (Wildman–Crippen LogP) is 2.83. The molecular formula is C17H19BO3. The van der Waals surface area contributed by atoms with Gasteiger partial charge in [-0.05, 0) is 17.2 Å². The summed E-state index contributed by atoms with van der Waals surface area (Å²) in [5, 5.41) is 10.1. The quantitative estimate of drug-likeness (QED) is 0.861. The average Bonchev–Trinajstić information content (AvgIpc) is 2.49. The van der Waals surface area contributed by atoms with Gasteiger partial charge in [-0.3, -0.25) is 0 Å². The van der Waals surface area contributed by atoms with Crippen LogP contribution in [0.2, 0.25) is 0 Å². The lowest BCUT2D eigenvalue weighted by molar-refractivity contribution is 0.0341. The highest BCUT2D eigenvalue weighted by Gasteiger charge is 2.35. The zero-order valence-electron chi connectivity index (χ0n) is 12.4. The first kappa shape index (κ1) is 14.2. The fraction of sp³-hybridized carbons (Fsp3) is 0.294. The van der Waals surface area contributed by atoms with Crippen LogP contribution in [0.5, 0.6) is 5.75 Å². The standard InChI is InChI=1S/C17H19BO3/c1-17(2)11-20-18(21-12-17)15-10-14(8-9-16(15)19)13-6-4-3-5-7-13/h3-10,19H,11-12H2,1-2H3. The van der Waals surface area contributed by atoms with E-state index in [0.717, 1.165) is 11.1 Å². The van der Waals surface area contributed by atoms with Gasteiger partial charge < -0.3 is 14.4 Å². The van der Waals surface area contributed by atoms with E-state index in [0.29, 0.717) is 18.7 Å². The molecule has 2 aromatic carbocycles. The van der Waals surface area contributed by atoms with Crippen LogP contribution in [0.15, 0.2) is 48.5 Å². The van der Waals surface area contributed by atoms with Gasteiger partial charge in [0.25, 0.3) is 0 Å². The van der Waals surface area contributed by atoms with Crippen LogP contribution in [0.1, 0.15) is 13.8 Å². The van der Waals surface area contributed by atoms with Crippen molar-refractivity contribution in [3.8, 4) is 16.9 Å². The summed E-state index contributed by atoms with van der Waals surface area (Å²) in [6.45, 7) is 5.44. The lowest BCUT2D eigenvalue weighted by atomic mass is 9.74. The lowest BCUT2D eigenvalue weighted by Gasteiger charge is -2.33. The molecule has 3 nitrogen and oxygen atoms in total. The number of rotatable bonds is 2. The Morgan fingerprint density at radius 1 is 0.952 bits per heavy atom. The molecule has 1 fully saturated rings. The van der Waals surface area contributed by atoms with Crippen molar-refractivity contribution in [3.05, 3.63) is 48.5 Å². The summed E-state index contributed by atoms with van der Waals surface area (Å²) in [6.07, 6.45) is 0. The molecule has 1 aliphatic heterocycles. The molecule has 0 amide bonds. The van der Waals surface area contributed by atoms with Crippen molar-refractivity contribution in [3.63, 3.8) is 0 Å². The van der Waals surface area contributed by atoms with Crippen LogP contribution < -0.4 is 5.46 Å². The van der Waals surface area contributed by atoms with E-state index >= 15 is 0 Å². The summed E-state index contributed by atoms with van der Waals surface area (Å²) >= 11 is 0. The summed E-state index contributed by atoms with van der Waals surface area (Å²) < 4.78 is 11.5. The molecule has 1 N–H and O–H groups in total. The molecule has 0 radical (unpaired) electrons. The molecule has 4 heteroatoms. The van der Waals surface area contributed by atoms with E-state index < -0.39 is 7.12 Å². The minimum absolute atomic E-state index is 0.0170. The lowest BCUT2D eigenvalue weighted by Crippen LogP contribution is -2.47. The third-order valence-corrected chi connectivity index (χ3v) is 3.64. The van der Waals surface area contributed by atoms with E-state index in [1.165, 1.54) is 0 Å². The van der Waals surface area contributed by atoms with E-state index in [4.69, 9.17) is 9.31 Å². The first-order valence-electron chi connectivity index (χ1n) is 7.17. The van der Waals surface area contributed by atoms with Gasteiger partial charge in [0.15, 0.2) is 0 Å². The summed E-state index contributed by atoms with van der Waals surface area (Å²) in [4.78, 5) is 0. The van der Waals surface area contributed by atoms with Crippen LogP contribution in [-0.2, 0) is 9.31 Å². The molecule has 1 saturated heterocycles. The molecule has 3 rings (SSSR count). The number of benzene rings is 2. The van der Waals surface area contributed by atoms with Gasteiger partial charge in [-0.1, -0.05) is 56.3 Å². The Balaban J connectivity index is 1.89. The number of hydrogen-bond donors (Lipinski definition) is 1. The monoisotopic (exact) mass is 282 g/mol. The molecule has 0 atom stereocenters. The van der Waals surface area contributed by atoms with Crippen LogP contribution in [0.3, 0.4) is 0 Å². The van der Waals surface area contributed by atoms with Crippen LogP contribution in [-0.4, -0.2) is 25.4 Å². The van der Waals surface area contributed by atoms with Crippen molar-refractivity contribution in [2.24, 2.45) is 5.41 Å². The fourth-order valence-electron chi connectivity index (χ4n) is 2.43. The third-order valence-electron chi connectivity index (χ3n) is 3.64. The number of phenols is 1. The zero-order chi connectivity index (χ0) is 14.9. The molecule has 108 valence electrons. The summed E-state index contributed by atoms with van der Waals surface area (Å²) in [5.41, 5.74) is 2.85. The van der Waals surface area contributed by atoms with Crippen molar-refractivity contribution in [1.29, 1.82) is 0 Å². The zero-order valence-corrected chi connectivity index (χ0v) is 12.4. The molecule has 0 aliphatic carbocycles. The van der Waals surface area contributed by atoms with Crippen LogP contribution in [0.4, 0.5) is 0 Å². The maximum absolute atomic E-state index is 10.1. The van der Waals surface area contributed by atoms with Gasteiger partial charge in [-0.2, -0.15) is 0 Å². The molecule has 0 spiro atoms. The average molecular weight is 282 g/mol. The van der Waals surface area contributed by atoms with E-state index in [9.17, 15) is 5.11 Å². The van der Waals surface area contributed by atoms with Gasteiger partial charge in [0.2, 0.25) is 0 Å². The van der Waals surface area contributed by atoms with Crippen molar-refractivity contribution in [1.82, 2.24) is 0 Å². The molecule has 2 aromatic rings. The van der Waals surface area contributed by atoms with Gasteiger partial charge in [0.1, 0.15) is 5.75 Å². The number of phenolic OH excluding ortho intramolecular Hbond substituents is 1. The van der Waals surface area contributed by atoms with Crippen molar-refractivity contribution >= 4 is 12.6 Å². The number of hydrogen-bond acceptors (Lipinski definition) is 3. The minimum Gasteiger partial charge on any atom is -0.508 e. The summed E-state index contributed by atoms with van der Waals surface area (Å²) in [6, 6.07) is 15.6. The molecular weight excluding hydrogens is 263 g/mol. The normalized spacial score (nSPS) is 17.7. The highest BCUT2D eigenvalue weighted by atomic mass is 16.6. The van der Waals surface area contributed by atoms with Gasteiger partial charge in [-0.25, -0.2) is 0 Å². The van der Waals surface area contributed by atoms with Crippen molar-refractivity contribution < 1.29 is 14.4 Å². The van der Waals surface area contributed by atoms with Crippen molar-refractivity contribution in [2.75, 3.05) is 13.2 Å². The molecule has 0 aromatic heterocycles. The van der Waals surface area contributed by atoms with Crippen LogP contribution in [0, 0.1) is 5.41 Å². The minimum atomic E-state index is -0.498. The molecule has 1 heterocycles. The number of aromatic hydroxyl groups is 1. The van der Waals surface area contributed by atoms with E-state index in [1.807, 2.05) is 42.5 Å². The Morgan fingerprint density at radius 3 is 2.29 bits per heavy atom. The summed E-state index contributed by atoms with van der Waals surface area (Å²) in [5.74, 6) is 0.208. The molecule has 21 heavy (non-hydrogen) atoms. The second kappa shape index (κ2) is 5.55. The first-order chi connectivity index (χ1) is 10.1. The van der Waals surface area contributed by atoms with Gasteiger partial charge in [0, 0.05) is 24.1 Å². The van der Waals surface area contributed by atoms with E-state index in [1.54, 1.807) is 6.07 Å². The van der Waals surface area contributed by atoms with Gasteiger partial charge in [-0.15, -0.1) is 0 Å². The molecule has 0 unspecified atom stereocenters. The highest BCUT2D eigenvalue weighted by Crippen LogP contribution is 2.25. The smallest absolute Gasteiger partial charge is 0.497 e. The molecule has 1 aliphatic rings. The second-order valence-electron chi connectivity index (χ2n) is 6.26. The maximum Gasteiger partial charge on any atom is 0.497 e. The Kier molecular flexibility index (Phi) is 3.74. The van der Waals surface area contributed by atoms with Crippen LogP contribution >= 0.6 is 0 Å². The van der Waals surface area contributed by atoms with Gasteiger partial charge in [0.05, 0.1) is 0 Å². The predicted molar refractivity (Wildman–Crippen MR) is 84.6 cm³/mol. The summed E-state index contributed by atoms with van der Waals surface area (Å²) in [7, 11) is -0.498. The van der Waals surface area contributed by atoms with E-state index in [-0.39, 0.29) is 11.2 Å².